The third-order valence-corrected chi connectivity index (χ3v) is 7.35. The van der Waals surface area contributed by atoms with Crippen LogP contribution in [0, 0.1) is 0 Å². The number of carbonyl (C=O) groups is 2. The number of hydrogen-bond acceptors (Lipinski definition) is 6. The highest BCUT2D eigenvalue weighted by Crippen LogP contribution is 2.28. The summed E-state index contributed by atoms with van der Waals surface area (Å²) < 4.78 is 5.99. The SMILES string of the molecule is O=C(N/N=C/c1ccc(OCC(=O)N2CCN(C/C=C/c3ccccc3)CC2)c2ccccc12)c1ccc(O)c(Cl)c1. The van der Waals surface area contributed by atoms with Crippen molar-refractivity contribution in [2.75, 3.05) is 39.3 Å². The van der Waals surface area contributed by atoms with E-state index in [9.17, 15) is 14.7 Å². The number of benzene rings is 4. The molecule has 0 radical (unpaired) electrons. The summed E-state index contributed by atoms with van der Waals surface area (Å²) in [6, 6.07) is 25.7. The first kappa shape index (κ1) is 28.9. The molecule has 1 heterocycles. The van der Waals surface area contributed by atoms with Gasteiger partial charge in [0.1, 0.15) is 11.5 Å². The number of nitrogens with one attached hydrogen (secondary N) is 1. The van der Waals surface area contributed by atoms with Crippen LogP contribution in [-0.2, 0) is 4.79 Å². The Morgan fingerprint density at radius 1 is 0.929 bits per heavy atom. The van der Waals surface area contributed by atoms with Crippen LogP contribution in [0.1, 0.15) is 21.5 Å². The number of phenolic OH excluding ortho intramolecular Hbond substituents is 1. The summed E-state index contributed by atoms with van der Waals surface area (Å²) >= 11 is 5.89. The van der Waals surface area contributed by atoms with Gasteiger partial charge in [-0.3, -0.25) is 14.5 Å². The zero-order valence-electron chi connectivity index (χ0n) is 22.9. The molecule has 214 valence electrons. The van der Waals surface area contributed by atoms with Crippen molar-refractivity contribution < 1.29 is 19.4 Å². The van der Waals surface area contributed by atoms with Gasteiger partial charge in [0.2, 0.25) is 0 Å². The van der Waals surface area contributed by atoms with Crippen molar-refractivity contribution in [3.63, 3.8) is 0 Å². The van der Waals surface area contributed by atoms with E-state index in [1.54, 1.807) is 12.3 Å². The number of rotatable bonds is 9. The zero-order chi connectivity index (χ0) is 29.3. The van der Waals surface area contributed by atoms with Crippen LogP contribution in [0.2, 0.25) is 5.02 Å². The van der Waals surface area contributed by atoms with Crippen LogP contribution >= 0.6 is 11.6 Å². The quantitative estimate of drug-likeness (QED) is 0.209. The van der Waals surface area contributed by atoms with Gasteiger partial charge < -0.3 is 14.7 Å². The second-order valence-corrected chi connectivity index (χ2v) is 10.3. The Hall–Kier alpha value is -4.66. The second kappa shape index (κ2) is 13.8. The summed E-state index contributed by atoms with van der Waals surface area (Å²) in [4.78, 5) is 29.5. The molecule has 0 spiro atoms. The summed E-state index contributed by atoms with van der Waals surface area (Å²) in [6.07, 6.45) is 5.83. The van der Waals surface area contributed by atoms with Gasteiger partial charge >= 0.3 is 0 Å². The van der Waals surface area contributed by atoms with E-state index in [0.29, 0.717) is 18.8 Å². The minimum Gasteiger partial charge on any atom is -0.506 e. The lowest BCUT2D eigenvalue weighted by molar-refractivity contribution is -0.135. The number of ether oxygens (including phenoxy) is 1. The number of carbonyl (C=O) groups excluding carboxylic acids is 2. The van der Waals surface area contributed by atoms with Crippen molar-refractivity contribution in [1.82, 2.24) is 15.2 Å². The summed E-state index contributed by atoms with van der Waals surface area (Å²) in [5.41, 5.74) is 4.70. The van der Waals surface area contributed by atoms with Gasteiger partial charge in [-0.25, -0.2) is 5.43 Å². The first-order valence-corrected chi connectivity index (χ1v) is 14.0. The minimum absolute atomic E-state index is 0.0405. The Bertz CT molecular complexity index is 1620. The lowest BCUT2D eigenvalue weighted by atomic mass is 10.0. The molecule has 0 atom stereocenters. The fourth-order valence-corrected chi connectivity index (χ4v) is 4.90. The zero-order valence-corrected chi connectivity index (χ0v) is 23.7. The topological polar surface area (TPSA) is 94.5 Å². The first-order valence-electron chi connectivity index (χ1n) is 13.7. The van der Waals surface area contributed by atoms with Crippen LogP contribution in [0.5, 0.6) is 11.5 Å². The van der Waals surface area contributed by atoms with Crippen molar-refractivity contribution in [3.8, 4) is 11.5 Å². The molecule has 4 aromatic rings. The molecule has 2 amide bonds. The average Bonchev–Trinajstić information content (AvgIpc) is 3.02. The van der Waals surface area contributed by atoms with E-state index >= 15 is 0 Å². The van der Waals surface area contributed by atoms with Crippen LogP contribution in [0.4, 0.5) is 0 Å². The molecule has 0 bridgehead atoms. The number of amides is 2. The molecule has 9 heteroatoms. The van der Waals surface area contributed by atoms with Gasteiger partial charge in [0, 0.05) is 49.2 Å². The van der Waals surface area contributed by atoms with Crippen molar-refractivity contribution in [2.24, 2.45) is 5.10 Å². The summed E-state index contributed by atoms with van der Waals surface area (Å²) in [5, 5.41) is 15.4. The van der Waals surface area contributed by atoms with Gasteiger partial charge in [0.25, 0.3) is 11.8 Å². The Morgan fingerprint density at radius 2 is 1.67 bits per heavy atom. The van der Waals surface area contributed by atoms with Gasteiger partial charge in [-0.2, -0.15) is 5.10 Å². The van der Waals surface area contributed by atoms with Gasteiger partial charge in [-0.1, -0.05) is 78.4 Å². The third kappa shape index (κ3) is 7.34. The molecule has 2 N–H and O–H groups in total. The third-order valence-electron chi connectivity index (χ3n) is 7.05. The number of halogens is 1. The standard InChI is InChI=1S/C33H31ClN4O4/c34-29-21-25(12-14-30(29)39)33(41)36-35-22-26-13-15-31(28-11-5-4-10-27(26)28)42-23-32(40)38-19-17-37(18-20-38)16-6-9-24-7-2-1-3-8-24/h1-15,21-22,39H,16-20,23H2,(H,36,41)/b9-6+,35-22+. The highest BCUT2D eigenvalue weighted by atomic mass is 35.5. The second-order valence-electron chi connectivity index (χ2n) is 9.85. The predicted octanol–water partition coefficient (Wildman–Crippen LogP) is 5.20. The molecule has 1 aliphatic heterocycles. The van der Waals surface area contributed by atoms with E-state index in [1.807, 2.05) is 53.4 Å². The average molecular weight is 583 g/mol. The normalized spacial score (nSPS) is 14.1. The van der Waals surface area contributed by atoms with E-state index in [4.69, 9.17) is 16.3 Å². The van der Waals surface area contributed by atoms with Gasteiger partial charge in [0.05, 0.1) is 11.2 Å². The minimum atomic E-state index is -0.458. The van der Waals surface area contributed by atoms with Crippen LogP contribution in [0.15, 0.2) is 96.1 Å². The number of phenols is 1. The van der Waals surface area contributed by atoms with Gasteiger partial charge in [0.15, 0.2) is 6.61 Å². The molecular weight excluding hydrogens is 552 g/mol. The van der Waals surface area contributed by atoms with E-state index in [-0.39, 0.29) is 28.8 Å². The van der Waals surface area contributed by atoms with Crippen LogP contribution in [0.25, 0.3) is 16.8 Å². The molecule has 4 aromatic carbocycles. The largest absolute Gasteiger partial charge is 0.506 e. The monoisotopic (exact) mass is 582 g/mol. The maximum Gasteiger partial charge on any atom is 0.271 e. The molecule has 5 rings (SSSR count). The number of hydrazone groups is 1. The number of aromatic hydroxyl groups is 1. The maximum atomic E-state index is 12.9. The van der Waals surface area contributed by atoms with Crippen LogP contribution in [-0.4, -0.2) is 72.3 Å². The molecule has 0 saturated carbocycles. The molecule has 1 aliphatic rings. The van der Waals surface area contributed by atoms with Crippen molar-refractivity contribution in [2.45, 2.75) is 0 Å². The van der Waals surface area contributed by atoms with Gasteiger partial charge in [-0.15, -0.1) is 0 Å². The van der Waals surface area contributed by atoms with E-state index < -0.39 is 5.91 Å². The van der Waals surface area contributed by atoms with Crippen LogP contribution < -0.4 is 10.2 Å². The van der Waals surface area contributed by atoms with E-state index in [0.717, 1.165) is 36.0 Å². The molecule has 0 aliphatic carbocycles. The number of hydrogen-bond donors (Lipinski definition) is 2. The molecule has 0 aromatic heterocycles. The van der Waals surface area contributed by atoms with E-state index in [1.165, 1.54) is 23.8 Å². The molecule has 42 heavy (non-hydrogen) atoms. The molecule has 8 nitrogen and oxygen atoms in total. The van der Waals surface area contributed by atoms with Crippen LogP contribution in [0.3, 0.4) is 0 Å². The van der Waals surface area contributed by atoms with Crippen molar-refractivity contribution in [1.29, 1.82) is 0 Å². The summed E-state index contributed by atoms with van der Waals surface area (Å²) in [6.45, 7) is 3.77. The lowest BCUT2D eigenvalue weighted by Crippen LogP contribution is -2.49. The first-order chi connectivity index (χ1) is 20.5. The predicted molar refractivity (Wildman–Crippen MR) is 166 cm³/mol. The number of nitrogens with zero attached hydrogens (tertiary/aromatic N) is 3. The molecule has 0 unspecified atom stereocenters. The fourth-order valence-electron chi connectivity index (χ4n) is 4.72. The maximum absolute atomic E-state index is 12.9. The van der Waals surface area contributed by atoms with Gasteiger partial charge in [-0.05, 0) is 41.3 Å². The van der Waals surface area contributed by atoms with Crippen molar-refractivity contribution in [3.05, 3.63) is 113 Å². The highest BCUT2D eigenvalue weighted by molar-refractivity contribution is 6.32. The molecule has 1 saturated heterocycles. The highest BCUT2D eigenvalue weighted by Gasteiger charge is 2.21. The number of fused-ring (bicyclic) bond motifs is 1. The Labute approximate surface area is 249 Å². The lowest BCUT2D eigenvalue weighted by Gasteiger charge is -2.34. The van der Waals surface area contributed by atoms with E-state index in [2.05, 4.69) is 39.7 Å². The molecular formula is C33H31ClN4O4. The molecule has 1 fully saturated rings. The smallest absolute Gasteiger partial charge is 0.271 e. The Balaban J connectivity index is 1.14. The fraction of sp³-hybridized carbons (Fsp3) is 0.182. The summed E-state index contributed by atoms with van der Waals surface area (Å²) in [7, 11) is 0. The number of piperazine rings is 1. The van der Waals surface area contributed by atoms with Crippen molar-refractivity contribution >= 4 is 46.5 Å². The Kier molecular flexibility index (Phi) is 9.48. The Morgan fingerprint density at radius 3 is 2.43 bits per heavy atom. The summed E-state index contributed by atoms with van der Waals surface area (Å²) in [5.74, 6) is 0.00258.